The topological polar surface area (TPSA) is 60.4 Å². The maximum Gasteiger partial charge on any atom is 2.00 e. The van der Waals surface area contributed by atoms with E-state index in [1.165, 1.54) is 0 Å². The molecule has 0 bridgehead atoms. The van der Waals surface area contributed by atoms with Crippen molar-refractivity contribution in [1.82, 2.24) is 0 Å². The van der Waals surface area contributed by atoms with E-state index in [2.05, 4.69) is 13.2 Å². The molecule has 8 heavy (non-hydrogen) atoms. The summed E-state index contributed by atoms with van der Waals surface area (Å²) in [6.45, 7) is 5.11. The van der Waals surface area contributed by atoms with Gasteiger partial charge >= 0.3 is 23.1 Å². The van der Waals surface area contributed by atoms with Crippen molar-refractivity contribution in [2.24, 2.45) is 0 Å². The van der Waals surface area contributed by atoms with E-state index in [9.17, 15) is 0 Å². The van der Waals surface area contributed by atoms with Crippen molar-refractivity contribution in [3.05, 3.63) is 13.2 Å². The van der Waals surface area contributed by atoms with Crippen molar-refractivity contribution in [2.75, 3.05) is 6.61 Å². The van der Waals surface area contributed by atoms with Gasteiger partial charge in [0, 0.05) is 0 Å². The number of carbonyl (C=O) groups excluding carboxylic acids is 1. The molecule has 0 aliphatic rings. The zero-order chi connectivity index (χ0) is 6.28. The van der Waals surface area contributed by atoms with Gasteiger partial charge in [-0.3, -0.25) is 0 Å². The van der Waals surface area contributed by atoms with Gasteiger partial charge in [-0.1, -0.05) is 0 Å². The zero-order valence-electron chi connectivity index (χ0n) is 4.59. The third-order valence-electron chi connectivity index (χ3n) is 0.129. The normalized spacial score (nSPS) is 5.12. The summed E-state index contributed by atoms with van der Waals surface area (Å²) >= 11 is 0. The fourth-order valence-electron chi connectivity index (χ4n) is 0. The molecule has 0 unspecified atom stereocenters. The molecule has 0 radical (unpaired) electrons. The Morgan fingerprint density at radius 1 is 1.62 bits per heavy atom. The first-order valence-corrected chi connectivity index (χ1v) is 1.58. The molecule has 0 aliphatic carbocycles. The number of hydrogen-bond donors (Lipinski definition) is 1. The van der Waals surface area contributed by atoms with Gasteiger partial charge in [-0.15, -0.1) is 13.2 Å². The summed E-state index contributed by atoms with van der Waals surface area (Å²) in [6, 6.07) is 0. The molecule has 0 aromatic carbocycles. The molecule has 0 atom stereocenters. The van der Waals surface area contributed by atoms with E-state index in [1.807, 2.05) is 0 Å². The molecule has 0 fully saturated rings. The van der Waals surface area contributed by atoms with Crippen molar-refractivity contribution < 1.29 is 15.0 Å². The maximum absolute atomic E-state index is 9.01. The summed E-state index contributed by atoms with van der Waals surface area (Å²) in [5.41, 5.74) is 0. The van der Waals surface area contributed by atoms with E-state index in [-0.39, 0.29) is 23.1 Å². The third kappa shape index (κ3) is 38.6. The number of aliphatic hydroxyl groups is 1. The van der Waals surface area contributed by atoms with Gasteiger partial charge in [0.2, 0.25) is 0 Å². The van der Waals surface area contributed by atoms with Crippen LogP contribution < -0.4 is 5.11 Å². The molecular weight excluding hydrogens is 120 g/mol. The van der Waals surface area contributed by atoms with E-state index in [1.54, 1.807) is 0 Å². The van der Waals surface area contributed by atoms with Crippen LogP contribution in [-0.4, -0.2) is 40.7 Å². The van der Waals surface area contributed by atoms with Gasteiger partial charge in [-0.2, -0.15) is 0 Å². The Kier molecular flexibility index (Phi) is 30.9. The van der Waals surface area contributed by atoms with E-state index in [0.717, 1.165) is 0 Å². The van der Waals surface area contributed by atoms with Crippen LogP contribution in [0.1, 0.15) is 0 Å². The SMILES string of the molecule is C=C.O=C([O-])CO.[Mg+2]. The summed E-state index contributed by atoms with van der Waals surface area (Å²) in [5.74, 6) is -1.44. The molecule has 0 aromatic heterocycles. The Morgan fingerprint density at radius 2 is 1.75 bits per heavy atom. The Bertz CT molecular complexity index is 55.2. The van der Waals surface area contributed by atoms with Crippen LogP contribution in [0, 0.1) is 0 Å². The zero-order valence-corrected chi connectivity index (χ0v) is 6.01. The summed E-state index contributed by atoms with van der Waals surface area (Å²) in [5, 5.41) is 16.5. The summed E-state index contributed by atoms with van der Waals surface area (Å²) < 4.78 is 0. The molecule has 0 saturated heterocycles. The Labute approximate surface area is 64.2 Å². The van der Waals surface area contributed by atoms with Crippen LogP contribution in [0.4, 0.5) is 0 Å². The smallest absolute Gasteiger partial charge is 0.548 e. The van der Waals surface area contributed by atoms with Gasteiger partial charge in [0.05, 0.1) is 12.6 Å². The standard InChI is InChI=1S/C2H4O3.C2H4.Mg/c3-1-2(4)5;1-2;/h3H,1H2,(H,4,5);1-2H2;/q;;+2/p-1. The van der Waals surface area contributed by atoms with Gasteiger partial charge in [0.1, 0.15) is 0 Å². The first kappa shape index (κ1) is 15.7. The molecular formula is C4H7MgO3+. The van der Waals surface area contributed by atoms with Crippen molar-refractivity contribution in [3.8, 4) is 0 Å². The van der Waals surface area contributed by atoms with E-state index in [0.29, 0.717) is 0 Å². The number of carboxylic acids is 1. The minimum atomic E-state index is -1.44. The first-order chi connectivity index (χ1) is 3.27. The Balaban J connectivity index is -0.0000000750. The Hall–Kier alpha value is -0.0638. The van der Waals surface area contributed by atoms with Gasteiger partial charge in [0.25, 0.3) is 0 Å². The summed E-state index contributed by atoms with van der Waals surface area (Å²) in [4.78, 5) is 9.01. The van der Waals surface area contributed by atoms with Crippen LogP contribution in [0.2, 0.25) is 0 Å². The Morgan fingerprint density at radius 3 is 1.75 bits per heavy atom. The third-order valence-corrected chi connectivity index (χ3v) is 0.129. The fourth-order valence-corrected chi connectivity index (χ4v) is 0. The van der Waals surface area contributed by atoms with Crippen LogP contribution in [0.5, 0.6) is 0 Å². The van der Waals surface area contributed by atoms with E-state index >= 15 is 0 Å². The van der Waals surface area contributed by atoms with Crippen LogP contribution in [-0.2, 0) is 4.79 Å². The number of carboxylic acid groups (broad SMARTS) is 1. The van der Waals surface area contributed by atoms with Crippen LogP contribution in [0.15, 0.2) is 13.2 Å². The summed E-state index contributed by atoms with van der Waals surface area (Å²) in [7, 11) is 0. The van der Waals surface area contributed by atoms with Gasteiger partial charge in [-0.05, 0) is 0 Å². The van der Waals surface area contributed by atoms with Crippen molar-refractivity contribution in [3.63, 3.8) is 0 Å². The molecule has 0 rings (SSSR count). The van der Waals surface area contributed by atoms with Gasteiger partial charge in [-0.25, -0.2) is 0 Å². The quantitative estimate of drug-likeness (QED) is 0.332. The van der Waals surface area contributed by atoms with Crippen LogP contribution in [0.25, 0.3) is 0 Å². The predicted octanol–water partition coefficient (Wildman–Crippen LogP) is -1.85. The largest absolute Gasteiger partial charge is 2.00 e. The number of aliphatic hydroxyl groups excluding tert-OH is 1. The molecule has 0 heterocycles. The van der Waals surface area contributed by atoms with Gasteiger partial charge < -0.3 is 15.0 Å². The van der Waals surface area contributed by atoms with Gasteiger partial charge in [0.15, 0.2) is 0 Å². The molecule has 1 N–H and O–H groups in total. The monoisotopic (exact) mass is 127 g/mol. The fraction of sp³-hybridized carbons (Fsp3) is 0.250. The van der Waals surface area contributed by atoms with Crippen molar-refractivity contribution >= 4 is 29.0 Å². The number of rotatable bonds is 1. The molecule has 0 aliphatic heterocycles. The molecule has 42 valence electrons. The van der Waals surface area contributed by atoms with E-state index in [4.69, 9.17) is 15.0 Å². The number of aliphatic carboxylic acids is 1. The average Bonchev–Trinajstić information content (AvgIpc) is 1.73. The molecule has 0 aromatic rings. The molecule has 0 amide bonds. The minimum Gasteiger partial charge on any atom is -0.548 e. The van der Waals surface area contributed by atoms with Crippen molar-refractivity contribution in [2.45, 2.75) is 0 Å². The molecule has 3 nitrogen and oxygen atoms in total. The second-order valence-corrected chi connectivity index (χ2v) is 0.530. The average molecular weight is 127 g/mol. The van der Waals surface area contributed by atoms with E-state index < -0.39 is 12.6 Å². The summed E-state index contributed by atoms with van der Waals surface area (Å²) in [6.07, 6.45) is 0. The maximum atomic E-state index is 9.01. The number of hydrogen-bond acceptors (Lipinski definition) is 3. The second-order valence-electron chi connectivity index (χ2n) is 0.530. The minimum absolute atomic E-state index is 0. The molecule has 4 heteroatoms. The molecule has 0 spiro atoms. The van der Waals surface area contributed by atoms with Crippen LogP contribution in [0.3, 0.4) is 0 Å². The van der Waals surface area contributed by atoms with Crippen LogP contribution >= 0.6 is 0 Å². The van der Waals surface area contributed by atoms with Crippen molar-refractivity contribution in [1.29, 1.82) is 0 Å². The second kappa shape index (κ2) is 15.8. The predicted molar refractivity (Wildman–Crippen MR) is 29.1 cm³/mol. The first-order valence-electron chi connectivity index (χ1n) is 1.58. The number of carbonyl (C=O) groups is 1. The molecule has 0 saturated carbocycles.